The molecule has 2 N–H and O–H groups in total. The van der Waals surface area contributed by atoms with Crippen LogP contribution in [0.5, 0.6) is 0 Å². The SMILES string of the molecule is COCc1ccc(CNC(C)C(CO)SC)cc1. The van der Waals surface area contributed by atoms with Crippen LogP contribution in [0.4, 0.5) is 0 Å². The predicted molar refractivity (Wildman–Crippen MR) is 77.8 cm³/mol. The highest BCUT2D eigenvalue weighted by Crippen LogP contribution is 2.11. The third-order valence-electron chi connectivity index (χ3n) is 3.00. The Morgan fingerprint density at radius 3 is 2.39 bits per heavy atom. The Hall–Kier alpha value is -0.550. The van der Waals surface area contributed by atoms with Gasteiger partial charge in [-0.2, -0.15) is 11.8 Å². The molecule has 0 aliphatic carbocycles. The fourth-order valence-electron chi connectivity index (χ4n) is 1.77. The number of thioether (sulfide) groups is 1. The van der Waals surface area contributed by atoms with Gasteiger partial charge in [0.15, 0.2) is 0 Å². The summed E-state index contributed by atoms with van der Waals surface area (Å²) in [4.78, 5) is 0. The predicted octanol–water partition coefficient (Wildman–Crippen LogP) is 2.04. The van der Waals surface area contributed by atoms with E-state index in [1.54, 1.807) is 18.9 Å². The van der Waals surface area contributed by atoms with Crippen molar-refractivity contribution < 1.29 is 9.84 Å². The van der Waals surface area contributed by atoms with Crippen molar-refractivity contribution in [2.75, 3.05) is 20.0 Å². The van der Waals surface area contributed by atoms with Crippen LogP contribution in [0.1, 0.15) is 18.1 Å². The minimum Gasteiger partial charge on any atom is -0.395 e. The molecule has 1 rings (SSSR count). The first kappa shape index (κ1) is 15.5. The second kappa shape index (κ2) is 8.53. The van der Waals surface area contributed by atoms with E-state index in [1.807, 2.05) is 6.26 Å². The number of hydrogen-bond donors (Lipinski definition) is 2. The van der Waals surface area contributed by atoms with Crippen molar-refractivity contribution in [3.63, 3.8) is 0 Å². The summed E-state index contributed by atoms with van der Waals surface area (Å²) in [6.45, 7) is 3.80. The van der Waals surface area contributed by atoms with E-state index in [4.69, 9.17) is 4.74 Å². The highest BCUT2D eigenvalue weighted by atomic mass is 32.2. The summed E-state index contributed by atoms with van der Waals surface area (Å²) in [6.07, 6.45) is 2.03. The highest BCUT2D eigenvalue weighted by Gasteiger charge is 2.14. The lowest BCUT2D eigenvalue weighted by atomic mass is 10.1. The van der Waals surface area contributed by atoms with E-state index in [-0.39, 0.29) is 11.9 Å². The summed E-state index contributed by atoms with van der Waals surface area (Å²) in [5, 5.41) is 12.9. The molecule has 18 heavy (non-hydrogen) atoms. The lowest BCUT2D eigenvalue weighted by Crippen LogP contribution is -2.37. The summed E-state index contributed by atoms with van der Waals surface area (Å²) >= 11 is 1.69. The molecule has 0 saturated carbocycles. The summed E-state index contributed by atoms with van der Waals surface area (Å²) in [5.41, 5.74) is 2.44. The standard InChI is InChI=1S/C14H23NO2S/c1-11(14(9-16)18-3)15-8-12-4-6-13(7-5-12)10-17-2/h4-7,11,14-16H,8-10H2,1-3H3. The fraction of sp³-hybridized carbons (Fsp3) is 0.571. The average molecular weight is 269 g/mol. The van der Waals surface area contributed by atoms with E-state index < -0.39 is 0 Å². The third-order valence-corrected chi connectivity index (χ3v) is 4.17. The maximum absolute atomic E-state index is 9.21. The van der Waals surface area contributed by atoms with Gasteiger partial charge in [-0.25, -0.2) is 0 Å². The molecule has 1 aromatic carbocycles. The van der Waals surface area contributed by atoms with Gasteiger partial charge in [0, 0.05) is 24.9 Å². The van der Waals surface area contributed by atoms with Crippen LogP contribution in [0.2, 0.25) is 0 Å². The molecule has 102 valence electrons. The maximum atomic E-state index is 9.21. The second-order valence-electron chi connectivity index (χ2n) is 4.38. The van der Waals surface area contributed by atoms with Crippen molar-refractivity contribution in [1.82, 2.24) is 5.32 Å². The zero-order valence-electron chi connectivity index (χ0n) is 11.3. The van der Waals surface area contributed by atoms with Gasteiger partial charge in [0.05, 0.1) is 13.2 Å². The molecule has 3 nitrogen and oxygen atoms in total. The smallest absolute Gasteiger partial charge is 0.0713 e. The summed E-state index contributed by atoms with van der Waals surface area (Å²) in [7, 11) is 1.70. The molecular formula is C14H23NO2S. The zero-order valence-corrected chi connectivity index (χ0v) is 12.2. The van der Waals surface area contributed by atoms with Gasteiger partial charge in [-0.3, -0.25) is 0 Å². The molecule has 0 bridgehead atoms. The molecule has 0 fully saturated rings. The molecule has 0 amide bonds. The Labute approximate surface area is 114 Å². The number of ether oxygens (including phenoxy) is 1. The molecule has 1 aromatic rings. The number of methoxy groups -OCH3 is 1. The summed E-state index contributed by atoms with van der Waals surface area (Å²) < 4.78 is 5.08. The number of aliphatic hydroxyl groups excluding tert-OH is 1. The number of rotatable bonds is 8. The number of benzene rings is 1. The molecule has 0 aliphatic rings. The Bertz CT molecular complexity index is 325. The first-order valence-electron chi connectivity index (χ1n) is 6.15. The number of hydrogen-bond acceptors (Lipinski definition) is 4. The van der Waals surface area contributed by atoms with Crippen molar-refractivity contribution in [1.29, 1.82) is 0 Å². The average Bonchev–Trinajstić information content (AvgIpc) is 2.40. The lowest BCUT2D eigenvalue weighted by molar-refractivity contribution is 0.185. The van der Waals surface area contributed by atoms with Gasteiger partial charge >= 0.3 is 0 Å². The minimum atomic E-state index is 0.210. The molecule has 0 radical (unpaired) electrons. The molecule has 0 aromatic heterocycles. The van der Waals surface area contributed by atoms with Crippen LogP contribution in [-0.4, -0.2) is 36.4 Å². The molecule has 0 heterocycles. The van der Waals surface area contributed by atoms with E-state index in [0.29, 0.717) is 12.6 Å². The van der Waals surface area contributed by atoms with Crippen molar-refractivity contribution in [3.8, 4) is 0 Å². The van der Waals surface area contributed by atoms with Crippen LogP contribution in [0.25, 0.3) is 0 Å². The van der Waals surface area contributed by atoms with Crippen LogP contribution in [0.15, 0.2) is 24.3 Å². The first-order chi connectivity index (χ1) is 8.71. The summed E-state index contributed by atoms with van der Waals surface area (Å²) in [6, 6.07) is 8.69. The van der Waals surface area contributed by atoms with Gasteiger partial charge in [-0.05, 0) is 24.3 Å². The van der Waals surface area contributed by atoms with Crippen molar-refractivity contribution in [3.05, 3.63) is 35.4 Å². The van der Waals surface area contributed by atoms with Crippen molar-refractivity contribution >= 4 is 11.8 Å². The minimum absolute atomic E-state index is 0.210. The van der Waals surface area contributed by atoms with E-state index in [0.717, 1.165) is 6.54 Å². The third kappa shape index (κ3) is 4.98. The Balaban J connectivity index is 2.43. The normalized spacial score (nSPS) is 14.4. The maximum Gasteiger partial charge on any atom is 0.0713 e. The first-order valence-corrected chi connectivity index (χ1v) is 7.43. The van der Waals surface area contributed by atoms with Crippen molar-refractivity contribution in [2.45, 2.75) is 31.4 Å². The van der Waals surface area contributed by atoms with Crippen LogP contribution in [0.3, 0.4) is 0 Å². The molecule has 0 saturated heterocycles. The zero-order chi connectivity index (χ0) is 13.4. The summed E-state index contributed by atoms with van der Waals surface area (Å²) in [5.74, 6) is 0. The lowest BCUT2D eigenvalue weighted by Gasteiger charge is -2.21. The fourth-order valence-corrected chi connectivity index (χ4v) is 2.42. The Morgan fingerprint density at radius 1 is 1.28 bits per heavy atom. The van der Waals surface area contributed by atoms with E-state index >= 15 is 0 Å². The van der Waals surface area contributed by atoms with Crippen LogP contribution >= 0.6 is 11.8 Å². The van der Waals surface area contributed by atoms with E-state index in [9.17, 15) is 5.11 Å². The largest absolute Gasteiger partial charge is 0.395 e. The number of nitrogens with one attached hydrogen (secondary N) is 1. The van der Waals surface area contributed by atoms with Gasteiger partial charge in [0.1, 0.15) is 0 Å². The molecule has 4 heteroatoms. The molecule has 0 aliphatic heterocycles. The Kier molecular flexibility index (Phi) is 7.35. The molecule has 2 atom stereocenters. The van der Waals surface area contributed by atoms with Crippen LogP contribution < -0.4 is 5.32 Å². The molecular weight excluding hydrogens is 246 g/mol. The van der Waals surface area contributed by atoms with Gasteiger partial charge in [-0.15, -0.1) is 0 Å². The van der Waals surface area contributed by atoms with Gasteiger partial charge in [-0.1, -0.05) is 24.3 Å². The van der Waals surface area contributed by atoms with Crippen molar-refractivity contribution in [2.24, 2.45) is 0 Å². The highest BCUT2D eigenvalue weighted by molar-refractivity contribution is 7.99. The quantitative estimate of drug-likeness (QED) is 0.758. The van der Waals surface area contributed by atoms with E-state index in [2.05, 4.69) is 36.5 Å². The Morgan fingerprint density at radius 2 is 1.89 bits per heavy atom. The monoisotopic (exact) mass is 269 g/mol. The molecule has 2 unspecified atom stereocenters. The van der Waals surface area contributed by atoms with Gasteiger partial charge < -0.3 is 15.2 Å². The van der Waals surface area contributed by atoms with Crippen LogP contribution in [0, 0.1) is 0 Å². The molecule has 0 spiro atoms. The second-order valence-corrected chi connectivity index (χ2v) is 5.45. The van der Waals surface area contributed by atoms with Crippen LogP contribution in [-0.2, 0) is 17.9 Å². The van der Waals surface area contributed by atoms with E-state index in [1.165, 1.54) is 11.1 Å². The number of aliphatic hydroxyl groups is 1. The topological polar surface area (TPSA) is 41.5 Å². The van der Waals surface area contributed by atoms with Gasteiger partial charge in [0.25, 0.3) is 0 Å². The van der Waals surface area contributed by atoms with Gasteiger partial charge in [0.2, 0.25) is 0 Å².